The molecule has 1 fully saturated rings. The molecule has 0 aliphatic carbocycles. The molecule has 1 unspecified atom stereocenters. The van der Waals surface area contributed by atoms with Crippen LogP contribution in [0.15, 0.2) is 18.2 Å². The van der Waals surface area contributed by atoms with Crippen molar-refractivity contribution >= 4 is 5.91 Å². The minimum Gasteiger partial charge on any atom is -0.493 e. The molecule has 3 atom stereocenters. The standard InChI is InChI=1S/C19H30N2O4/c1-12(2)11-25-16-7-6-15(10-17(16)23-5)13(3)21-19(22)18-14(4)24-9-8-20-18/h6-7,10,12-14,18,20H,8-9,11H2,1-5H3,(H,21,22)/t13?,14-,18+/m1/s1. The topological polar surface area (TPSA) is 68.8 Å². The summed E-state index contributed by atoms with van der Waals surface area (Å²) in [5, 5.41) is 6.24. The third kappa shape index (κ3) is 5.34. The van der Waals surface area contributed by atoms with Crippen molar-refractivity contribution in [3.05, 3.63) is 23.8 Å². The van der Waals surface area contributed by atoms with Crippen molar-refractivity contribution in [1.82, 2.24) is 10.6 Å². The number of benzene rings is 1. The zero-order valence-corrected chi connectivity index (χ0v) is 15.8. The van der Waals surface area contributed by atoms with Crippen molar-refractivity contribution < 1.29 is 19.0 Å². The highest BCUT2D eigenvalue weighted by molar-refractivity contribution is 5.83. The second-order valence-electron chi connectivity index (χ2n) is 6.85. The van der Waals surface area contributed by atoms with Crippen LogP contribution >= 0.6 is 0 Å². The molecular weight excluding hydrogens is 320 g/mol. The summed E-state index contributed by atoms with van der Waals surface area (Å²) in [6, 6.07) is 5.29. The number of amides is 1. The van der Waals surface area contributed by atoms with Gasteiger partial charge >= 0.3 is 0 Å². The fourth-order valence-corrected chi connectivity index (χ4v) is 2.74. The first-order valence-corrected chi connectivity index (χ1v) is 8.88. The Morgan fingerprint density at radius 2 is 2.12 bits per heavy atom. The van der Waals surface area contributed by atoms with E-state index in [1.54, 1.807) is 7.11 Å². The minimum absolute atomic E-state index is 0.0567. The van der Waals surface area contributed by atoms with Crippen LogP contribution in [0.4, 0.5) is 0 Å². The molecule has 0 bridgehead atoms. The van der Waals surface area contributed by atoms with Gasteiger partial charge in [-0.05, 0) is 37.5 Å². The van der Waals surface area contributed by atoms with Gasteiger partial charge < -0.3 is 24.8 Å². The van der Waals surface area contributed by atoms with Gasteiger partial charge in [-0.2, -0.15) is 0 Å². The zero-order chi connectivity index (χ0) is 18.4. The number of ether oxygens (including phenoxy) is 3. The molecule has 2 N–H and O–H groups in total. The average molecular weight is 350 g/mol. The smallest absolute Gasteiger partial charge is 0.240 e. The molecule has 25 heavy (non-hydrogen) atoms. The van der Waals surface area contributed by atoms with Crippen molar-refractivity contribution in [1.29, 1.82) is 0 Å². The second-order valence-corrected chi connectivity index (χ2v) is 6.85. The largest absolute Gasteiger partial charge is 0.493 e. The third-order valence-electron chi connectivity index (χ3n) is 4.22. The summed E-state index contributed by atoms with van der Waals surface area (Å²) in [5.74, 6) is 1.77. The summed E-state index contributed by atoms with van der Waals surface area (Å²) in [4.78, 5) is 12.5. The lowest BCUT2D eigenvalue weighted by Crippen LogP contribution is -2.55. The maximum absolute atomic E-state index is 12.5. The molecule has 1 saturated heterocycles. The molecule has 2 rings (SSSR count). The quantitative estimate of drug-likeness (QED) is 0.790. The summed E-state index contributed by atoms with van der Waals surface area (Å²) in [7, 11) is 1.62. The van der Waals surface area contributed by atoms with Crippen molar-refractivity contribution in [2.75, 3.05) is 26.9 Å². The Hall–Kier alpha value is -1.79. The van der Waals surface area contributed by atoms with Crippen molar-refractivity contribution in [3.63, 3.8) is 0 Å². The molecule has 0 aromatic heterocycles. The van der Waals surface area contributed by atoms with E-state index in [2.05, 4.69) is 24.5 Å². The van der Waals surface area contributed by atoms with Gasteiger partial charge in [0.2, 0.25) is 5.91 Å². The molecule has 1 aromatic rings. The van der Waals surface area contributed by atoms with Crippen molar-refractivity contribution in [2.45, 2.75) is 45.9 Å². The number of carbonyl (C=O) groups is 1. The lowest BCUT2D eigenvalue weighted by atomic mass is 10.1. The molecule has 6 heteroatoms. The fraction of sp³-hybridized carbons (Fsp3) is 0.632. The number of nitrogens with one attached hydrogen (secondary N) is 2. The van der Waals surface area contributed by atoms with E-state index in [1.165, 1.54) is 0 Å². The molecule has 140 valence electrons. The van der Waals surface area contributed by atoms with Crippen LogP contribution < -0.4 is 20.1 Å². The van der Waals surface area contributed by atoms with E-state index in [0.29, 0.717) is 31.4 Å². The predicted octanol–water partition coefficient (Wildman–Crippen LogP) is 2.28. The lowest BCUT2D eigenvalue weighted by molar-refractivity contribution is -0.129. The van der Waals surface area contributed by atoms with Crippen molar-refractivity contribution in [2.24, 2.45) is 5.92 Å². The first kappa shape index (κ1) is 19.5. The van der Waals surface area contributed by atoms with Crippen molar-refractivity contribution in [3.8, 4) is 11.5 Å². The highest BCUT2D eigenvalue weighted by Crippen LogP contribution is 2.30. The number of hydrogen-bond acceptors (Lipinski definition) is 5. The van der Waals surface area contributed by atoms with E-state index in [4.69, 9.17) is 14.2 Å². The zero-order valence-electron chi connectivity index (χ0n) is 15.8. The van der Waals surface area contributed by atoms with E-state index in [1.807, 2.05) is 32.0 Å². The highest BCUT2D eigenvalue weighted by Gasteiger charge is 2.29. The van der Waals surface area contributed by atoms with Gasteiger partial charge in [-0.15, -0.1) is 0 Å². The van der Waals surface area contributed by atoms with Crippen LogP contribution in [0.5, 0.6) is 11.5 Å². The molecule has 0 saturated carbocycles. The van der Waals surface area contributed by atoms with Crippen LogP contribution in [0, 0.1) is 5.92 Å². The number of hydrogen-bond donors (Lipinski definition) is 2. The summed E-state index contributed by atoms with van der Waals surface area (Å²) in [6.45, 7) is 10.0. The first-order chi connectivity index (χ1) is 11.9. The van der Waals surface area contributed by atoms with E-state index >= 15 is 0 Å². The lowest BCUT2D eigenvalue weighted by Gasteiger charge is -2.30. The van der Waals surface area contributed by atoms with Gasteiger partial charge in [-0.25, -0.2) is 0 Å². The number of rotatable bonds is 7. The van der Waals surface area contributed by atoms with Crippen LogP contribution in [-0.2, 0) is 9.53 Å². The van der Waals surface area contributed by atoms with Gasteiger partial charge in [0, 0.05) is 6.54 Å². The maximum atomic E-state index is 12.5. The average Bonchev–Trinajstić information content (AvgIpc) is 2.59. The van der Waals surface area contributed by atoms with Crippen LogP contribution in [0.2, 0.25) is 0 Å². The molecule has 6 nitrogen and oxygen atoms in total. The molecular formula is C19H30N2O4. The Kier molecular flexibility index (Phi) is 7.08. The van der Waals surface area contributed by atoms with Gasteiger partial charge in [0.05, 0.1) is 32.5 Å². The fourth-order valence-electron chi connectivity index (χ4n) is 2.74. The van der Waals surface area contributed by atoms with Crippen LogP contribution in [0.25, 0.3) is 0 Å². The summed E-state index contributed by atoms with van der Waals surface area (Å²) < 4.78 is 16.7. The Morgan fingerprint density at radius 1 is 1.36 bits per heavy atom. The van der Waals surface area contributed by atoms with Crippen LogP contribution in [-0.4, -0.2) is 44.9 Å². The van der Waals surface area contributed by atoms with Crippen LogP contribution in [0.3, 0.4) is 0 Å². The molecule has 1 aromatic carbocycles. The second kappa shape index (κ2) is 9.06. The van der Waals surface area contributed by atoms with Crippen LogP contribution in [0.1, 0.15) is 39.3 Å². The van der Waals surface area contributed by atoms with E-state index in [0.717, 1.165) is 11.3 Å². The maximum Gasteiger partial charge on any atom is 0.240 e. The normalized spacial score (nSPS) is 21.7. The highest BCUT2D eigenvalue weighted by atomic mass is 16.5. The Labute approximate surface area is 150 Å². The van der Waals surface area contributed by atoms with E-state index in [9.17, 15) is 4.79 Å². The number of methoxy groups -OCH3 is 1. The number of carbonyl (C=O) groups excluding carboxylic acids is 1. The molecule has 0 spiro atoms. The Bertz CT molecular complexity index is 577. The molecule has 1 amide bonds. The SMILES string of the molecule is COc1cc(C(C)NC(=O)[C@H]2NCCO[C@@H]2C)ccc1OCC(C)C. The minimum atomic E-state index is -0.327. The molecule has 1 aliphatic rings. The Balaban J connectivity index is 2.03. The summed E-state index contributed by atoms with van der Waals surface area (Å²) in [6.07, 6.45) is -0.137. The third-order valence-corrected chi connectivity index (χ3v) is 4.22. The number of morpholine rings is 1. The van der Waals surface area contributed by atoms with E-state index < -0.39 is 0 Å². The monoisotopic (exact) mass is 350 g/mol. The molecule has 1 heterocycles. The van der Waals surface area contributed by atoms with Gasteiger partial charge in [-0.3, -0.25) is 4.79 Å². The predicted molar refractivity (Wildman–Crippen MR) is 97.1 cm³/mol. The first-order valence-electron chi connectivity index (χ1n) is 8.88. The molecule has 0 radical (unpaired) electrons. The van der Waals surface area contributed by atoms with E-state index in [-0.39, 0.29) is 24.1 Å². The Morgan fingerprint density at radius 3 is 2.76 bits per heavy atom. The summed E-state index contributed by atoms with van der Waals surface area (Å²) >= 11 is 0. The van der Waals surface area contributed by atoms with Gasteiger partial charge in [0.15, 0.2) is 11.5 Å². The summed E-state index contributed by atoms with van der Waals surface area (Å²) in [5.41, 5.74) is 0.964. The van der Waals surface area contributed by atoms with Gasteiger partial charge in [-0.1, -0.05) is 19.9 Å². The van der Waals surface area contributed by atoms with Gasteiger partial charge in [0.25, 0.3) is 0 Å². The van der Waals surface area contributed by atoms with Gasteiger partial charge in [0.1, 0.15) is 6.04 Å². The molecule has 1 aliphatic heterocycles.